The van der Waals surface area contributed by atoms with Crippen molar-refractivity contribution in [1.29, 1.82) is 0 Å². The summed E-state index contributed by atoms with van der Waals surface area (Å²) in [6.07, 6.45) is 1.69. The van der Waals surface area contributed by atoms with Gasteiger partial charge in [0.2, 0.25) is 10.0 Å². The van der Waals surface area contributed by atoms with Gasteiger partial charge in [-0.25, -0.2) is 17.9 Å². The number of carbonyl (C=O) groups excluding carboxylic acids is 1. The van der Waals surface area contributed by atoms with Crippen molar-refractivity contribution in [3.8, 4) is 0 Å². The number of aliphatic imine (C=N–C) groups is 1. The first-order valence-electron chi connectivity index (χ1n) is 10.6. The summed E-state index contributed by atoms with van der Waals surface area (Å²) in [5, 5.41) is 12.7. The molecule has 3 N–H and O–H groups in total. The molecule has 12 heteroatoms. The van der Waals surface area contributed by atoms with Crippen molar-refractivity contribution in [3.63, 3.8) is 0 Å². The number of carboxylic acid groups (broad SMARTS) is 1. The molecule has 0 atom stereocenters. The summed E-state index contributed by atoms with van der Waals surface area (Å²) in [6.45, 7) is 2.82. The lowest BCUT2D eigenvalue weighted by atomic mass is 10.1. The third-order valence-corrected chi connectivity index (χ3v) is 7.66. The Morgan fingerprint density at radius 2 is 1.89 bits per heavy atom. The van der Waals surface area contributed by atoms with E-state index < -0.39 is 16.1 Å². The Balaban J connectivity index is 1.44. The lowest BCUT2D eigenvalue weighted by molar-refractivity contribution is -0.113. The number of ketones is 1. The van der Waals surface area contributed by atoms with Crippen LogP contribution in [0, 0.1) is 6.92 Å². The van der Waals surface area contributed by atoms with Gasteiger partial charge in [0.15, 0.2) is 5.78 Å². The van der Waals surface area contributed by atoms with Crippen LogP contribution in [0.15, 0.2) is 58.4 Å². The molecule has 0 saturated heterocycles. The molecule has 0 radical (unpaired) electrons. The first kappa shape index (κ1) is 26.8. The summed E-state index contributed by atoms with van der Waals surface area (Å²) in [6, 6.07) is 10.0. The van der Waals surface area contributed by atoms with Gasteiger partial charge < -0.3 is 10.4 Å². The van der Waals surface area contributed by atoms with Crippen LogP contribution < -0.4 is 10.0 Å². The number of hydrogen-bond acceptors (Lipinski definition) is 6. The molecule has 0 unspecified atom stereocenters. The highest BCUT2D eigenvalue weighted by molar-refractivity contribution is 7.89. The largest absolute Gasteiger partial charge is 0.465 e. The number of sulfonamides is 1. The Labute approximate surface area is 213 Å². The molecule has 1 aliphatic rings. The van der Waals surface area contributed by atoms with E-state index in [1.54, 1.807) is 19.1 Å². The molecule has 186 valence electrons. The van der Waals surface area contributed by atoms with Gasteiger partial charge in [-0.2, -0.15) is 0 Å². The lowest BCUT2D eigenvalue weighted by Crippen LogP contribution is -2.33. The van der Waals surface area contributed by atoms with Crippen molar-refractivity contribution in [3.05, 3.63) is 75.3 Å². The number of benzene rings is 2. The first-order valence-corrected chi connectivity index (χ1v) is 12.8. The van der Waals surface area contributed by atoms with Gasteiger partial charge in [0.1, 0.15) is 10.7 Å². The molecule has 1 amide bonds. The molecular formula is C23H24Cl2N4O5S. The number of amides is 1. The minimum absolute atomic E-state index is 0.0535. The van der Waals surface area contributed by atoms with E-state index in [0.29, 0.717) is 41.6 Å². The van der Waals surface area contributed by atoms with Crippen LogP contribution >= 0.6 is 23.2 Å². The van der Waals surface area contributed by atoms with Crippen molar-refractivity contribution < 1.29 is 23.1 Å². The SMILES string of the molecule is Cc1c(Cl)ccc(S(=O)(=O)NCC=CC(=O)CNCc2ccc(C3=NCCN3C(=O)O)cc2)c1Cl. The Bertz CT molecular complexity index is 1280. The summed E-state index contributed by atoms with van der Waals surface area (Å²) >= 11 is 12.0. The minimum Gasteiger partial charge on any atom is -0.465 e. The zero-order chi connectivity index (χ0) is 25.6. The van der Waals surface area contributed by atoms with E-state index in [1.807, 2.05) is 12.1 Å². The van der Waals surface area contributed by atoms with E-state index in [4.69, 9.17) is 23.2 Å². The van der Waals surface area contributed by atoms with E-state index >= 15 is 0 Å². The quantitative estimate of drug-likeness (QED) is 0.398. The van der Waals surface area contributed by atoms with Gasteiger partial charge in [0.05, 0.1) is 24.7 Å². The summed E-state index contributed by atoms with van der Waals surface area (Å²) in [7, 11) is -3.86. The number of nitrogens with zero attached hydrogens (tertiary/aromatic N) is 2. The third-order valence-electron chi connectivity index (χ3n) is 5.18. The van der Waals surface area contributed by atoms with E-state index in [0.717, 1.165) is 5.56 Å². The molecule has 0 fully saturated rings. The molecule has 1 heterocycles. The van der Waals surface area contributed by atoms with E-state index in [9.17, 15) is 23.1 Å². The van der Waals surface area contributed by atoms with Crippen molar-refractivity contribution in [1.82, 2.24) is 14.9 Å². The number of amidine groups is 1. The summed E-state index contributed by atoms with van der Waals surface area (Å²) in [4.78, 5) is 28.7. The normalized spacial score (nSPS) is 13.9. The highest BCUT2D eigenvalue weighted by Gasteiger charge is 2.24. The van der Waals surface area contributed by atoms with Crippen molar-refractivity contribution >= 4 is 50.9 Å². The van der Waals surface area contributed by atoms with Gasteiger partial charge in [-0.15, -0.1) is 0 Å². The molecule has 0 saturated carbocycles. The monoisotopic (exact) mass is 538 g/mol. The fraction of sp³-hybridized carbons (Fsp3) is 0.261. The first-order chi connectivity index (χ1) is 16.6. The maximum Gasteiger partial charge on any atom is 0.413 e. The van der Waals surface area contributed by atoms with Crippen LogP contribution in [0.3, 0.4) is 0 Å². The summed E-state index contributed by atoms with van der Waals surface area (Å²) < 4.78 is 27.3. The van der Waals surface area contributed by atoms with E-state index in [2.05, 4.69) is 15.0 Å². The minimum atomic E-state index is -3.86. The zero-order valence-electron chi connectivity index (χ0n) is 18.8. The maximum absolute atomic E-state index is 12.4. The van der Waals surface area contributed by atoms with E-state index in [1.165, 1.54) is 29.2 Å². The second kappa shape index (κ2) is 11.8. The molecule has 35 heavy (non-hydrogen) atoms. The molecule has 1 aliphatic heterocycles. The van der Waals surface area contributed by atoms with Crippen LogP contribution in [0.2, 0.25) is 10.0 Å². The molecule has 0 aliphatic carbocycles. The molecular weight excluding hydrogens is 515 g/mol. The number of halogens is 2. The smallest absolute Gasteiger partial charge is 0.413 e. The predicted molar refractivity (Wildman–Crippen MR) is 135 cm³/mol. The summed E-state index contributed by atoms with van der Waals surface area (Å²) in [5.74, 6) is 0.208. The van der Waals surface area contributed by atoms with Gasteiger partial charge in [-0.05, 0) is 36.3 Å². The van der Waals surface area contributed by atoms with Crippen LogP contribution in [0.1, 0.15) is 16.7 Å². The van der Waals surface area contributed by atoms with Crippen LogP contribution in [-0.2, 0) is 21.4 Å². The van der Waals surface area contributed by atoms with Gasteiger partial charge in [-0.1, -0.05) is 53.5 Å². The Hall–Kier alpha value is -2.76. The van der Waals surface area contributed by atoms with Crippen LogP contribution in [0.5, 0.6) is 0 Å². The van der Waals surface area contributed by atoms with Crippen molar-refractivity contribution in [2.24, 2.45) is 4.99 Å². The second-order valence-corrected chi connectivity index (χ2v) is 10.2. The van der Waals surface area contributed by atoms with Gasteiger partial charge in [0.25, 0.3) is 0 Å². The van der Waals surface area contributed by atoms with Crippen LogP contribution in [-0.4, -0.2) is 62.3 Å². The maximum atomic E-state index is 12.4. The van der Waals surface area contributed by atoms with Crippen LogP contribution in [0.4, 0.5) is 4.79 Å². The van der Waals surface area contributed by atoms with Crippen LogP contribution in [0.25, 0.3) is 0 Å². The number of carbonyl (C=O) groups is 2. The van der Waals surface area contributed by atoms with Crippen molar-refractivity contribution in [2.45, 2.75) is 18.4 Å². The molecule has 9 nitrogen and oxygen atoms in total. The average molecular weight is 539 g/mol. The van der Waals surface area contributed by atoms with Gasteiger partial charge in [0, 0.05) is 23.7 Å². The average Bonchev–Trinajstić information content (AvgIpc) is 3.31. The molecule has 0 aromatic heterocycles. The Kier molecular flexibility index (Phi) is 9.03. The fourth-order valence-electron chi connectivity index (χ4n) is 3.31. The number of hydrogen-bond donors (Lipinski definition) is 3. The zero-order valence-corrected chi connectivity index (χ0v) is 21.1. The molecule has 2 aromatic rings. The Morgan fingerprint density at radius 1 is 1.17 bits per heavy atom. The van der Waals surface area contributed by atoms with Crippen molar-refractivity contribution in [2.75, 3.05) is 26.2 Å². The molecule has 0 bridgehead atoms. The number of rotatable bonds is 10. The highest BCUT2D eigenvalue weighted by Crippen LogP contribution is 2.30. The van der Waals surface area contributed by atoms with E-state index in [-0.39, 0.29) is 28.8 Å². The van der Waals surface area contributed by atoms with Gasteiger partial charge in [-0.3, -0.25) is 14.7 Å². The fourth-order valence-corrected chi connectivity index (χ4v) is 5.09. The summed E-state index contributed by atoms with van der Waals surface area (Å²) in [5.41, 5.74) is 2.09. The van der Waals surface area contributed by atoms with Gasteiger partial charge >= 0.3 is 6.09 Å². The molecule has 2 aromatic carbocycles. The molecule has 3 rings (SSSR count). The molecule has 0 spiro atoms. The second-order valence-electron chi connectivity index (χ2n) is 7.65. The standard InChI is InChI=1S/C23H24Cl2N4O5S/c1-15-19(24)8-9-20(21(15)25)35(33,34)28-10-2-3-18(30)14-26-13-16-4-6-17(7-5-16)22-27-11-12-29(22)23(31)32/h2-9,26,28H,10-14H2,1H3,(H,31,32). The predicted octanol–water partition coefficient (Wildman–Crippen LogP) is 3.24. The highest BCUT2D eigenvalue weighted by atomic mass is 35.5. The Morgan fingerprint density at radius 3 is 2.57 bits per heavy atom. The topological polar surface area (TPSA) is 128 Å². The third kappa shape index (κ3) is 6.89. The number of nitrogens with one attached hydrogen (secondary N) is 2. The lowest BCUT2D eigenvalue weighted by Gasteiger charge is -2.14.